The fraction of sp³-hybridized carbons (Fsp3) is 0.857. The molecule has 0 spiro atoms. The highest BCUT2D eigenvalue weighted by Crippen LogP contribution is 2.15. The predicted octanol–water partition coefficient (Wildman–Crippen LogP) is 0.581. The van der Waals surface area contributed by atoms with E-state index in [-0.39, 0.29) is 5.84 Å². The van der Waals surface area contributed by atoms with Gasteiger partial charge >= 0.3 is 8.80 Å². The maximum atomic E-state index is 7.04. The van der Waals surface area contributed by atoms with Gasteiger partial charge in [-0.2, -0.15) is 0 Å². The Morgan fingerprint density at radius 3 is 2.00 bits per heavy atom. The van der Waals surface area contributed by atoms with E-state index in [0.717, 1.165) is 6.42 Å². The monoisotopic (exact) mass is 206 g/mol. The van der Waals surface area contributed by atoms with Crippen LogP contribution in [0.25, 0.3) is 0 Å². The summed E-state index contributed by atoms with van der Waals surface area (Å²) in [6.45, 7) is 0. The number of nitrogens with one attached hydrogen (secondary N) is 1. The Hall–Kier alpha value is -0.433. The maximum absolute atomic E-state index is 7.04. The molecule has 0 unspecified atom stereocenters. The van der Waals surface area contributed by atoms with Crippen LogP contribution in [0.4, 0.5) is 0 Å². The summed E-state index contributed by atoms with van der Waals surface area (Å²) < 4.78 is 15.6. The molecular formula is C7H18N2O3Si. The lowest BCUT2D eigenvalue weighted by Gasteiger charge is -2.23. The van der Waals surface area contributed by atoms with Crippen LogP contribution in [0.1, 0.15) is 12.8 Å². The SMILES string of the molecule is CO[Si](CCCC(=N)N)(OC)OC. The van der Waals surface area contributed by atoms with E-state index in [9.17, 15) is 0 Å². The number of hydrogen-bond acceptors (Lipinski definition) is 4. The first kappa shape index (κ1) is 12.6. The van der Waals surface area contributed by atoms with Crippen molar-refractivity contribution in [2.45, 2.75) is 18.9 Å². The van der Waals surface area contributed by atoms with E-state index < -0.39 is 8.80 Å². The van der Waals surface area contributed by atoms with Crippen LogP contribution < -0.4 is 5.73 Å². The Morgan fingerprint density at radius 1 is 1.23 bits per heavy atom. The van der Waals surface area contributed by atoms with Gasteiger partial charge < -0.3 is 19.0 Å². The molecule has 0 radical (unpaired) electrons. The molecule has 0 aliphatic carbocycles. The molecule has 0 atom stereocenters. The first-order valence-electron chi connectivity index (χ1n) is 4.08. The minimum absolute atomic E-state index is 0.186. The summed E-state index contributed by atoms with van der Waals surface area (Å²) in [5.41, 5.74) is 5.22. The molecule has 0 saturated carbocycles. The van der Waals surface area contributed by atoms with Crippen molar-refractivity contribution >= 4 is 14.6 Å². The lowest BCUT2D eigenvalue weighted by molar-refractivity contribution is 0.123. The molecular weight excluding hydrogens is 188 g/mol. The average Bonchev–Trinajstić information content (AvgIpc) is 2.13. The quantitative estimate of drug-likeness (QED) is 0.363. The van der Waals surface area contributed by atoms with E-state index in [2.05, 4.69) is 0 Å². The Morgan fingerprint density at radius 2 is 1.69 bits per heavy atom. The van der Waals surface area contributed by atoms with Gasteiger partial charge in [0, 0.05) is 33.8 Å². The summed E-state index contributed by atoms with van der Waals surface area (Å²) >= 11 is 0. The molecule has 6 heteroatoms. The standard InChI is InChI=1S/C7H18N2O3Si/c1-10-13(11-2,12-3)6-4-5-7(8)9/h4-6H2,1-3H3,(H3,8,9). The minimum Gasteiger partial charge on any atom is -0.388 e. The second-order valence-electron chi connectivity index (χ2n) is 2.67. The van der Waals surface area contributed by atoms with E-state index in [1.807, 2.05) is 0 Å². The van der Waals surface area contributed by atoms with Crippen LogP contribution >= 0.6 is 0 Å². The molecule has 0 rings (SSSR count). The Bertz CT molecular complexity index is 154. The van der Waals surface area contributed by atoms with E-state index >= 15 is 0 Å². The fourth-order valence-corrected chi connectivity index (χ4v) is 2.77. The topological polar surface area (TPSA) is 77.6 Å². The molecule has 0 aromatic rings. The van der Waals surface area contributed by atoms with Gasteiger partial charge in [0.25, 0.3) is 0 Å². The van der Waals surface area contributed by atoms with Crippen molar-refractivity contribution in [2.75, 3.05) is 21.3 Å². The molecule has 0 aliphatic rings. The van der Waals surface area contributed by atoms with Crippen LogP contribution in [0.15, 0.2) is 0 Å². The van der Waals surface area contributed by atoms with Gasteiger partial charge in [-0.3, -0.25) is 5.41 Å². The third-order valence-corrected chi connectivity index (χ3v) is 4.69. The van der Waals surface area contributed by atoms with E-state index in [4.69, 9.17) is 24.4 Å². The van der Waals surface area contributed by atoms with Crippen molar-refractivity contribution in [1.82, 2.24) is 0 Å². The molecule has 0 aromatic heterocycles. The summed E-state index contributed by atoms with van der Waals surface area (Å²) in [5, 5.41) is 7.04. The molecule has 0 aliphatic heterocycles. The molecule has 0 fully saturated rings. The Kier molecular flexibility index (Phi) is 5.88. The highest BCUT2D eigenvalue weighted by molar-refractivity contribution is 6.60. The van der Waals surface area contributed by atoms with Crippen molar-refractivity contribution < 1.29 is 13.3 Å². The van der Waals surface area contributed by atoms with Crippen LogP contribution in [0.3, 0.4) is 0 Å². The molecule has 0 heterocycles. The van der Waals surface area contributed by atoms with Crippen molar-refractivity contribution in [3.05, 3.63) is 0 Å². The van der Waals surface area contributed by atoms with E-state index in [1.54, 1.807) is 21.3 Å². The van der Waals surface area contributed by atoms with Gasteiger partial charge in [-0.15, -0.1) is 0 Å². The van der Waals surface area contributed by atoms with Crippen molar-refractivity contribution in [3.8, 4) is 0 Å². The second kappa shape index (κ2) is 6.09. The smallest absolute Gasteiger partial charge is 0.388 e. The van der Waals surface area contributed by atoms with Crippen LogP contribution in [0.5, 0.6) is 0 Å². The highest BCUT2D eigenvalue weighted by atomic mass is 28.4. The van der Waals surface area contributed by atoms with Crippen LogP contribution in [0.2, 0.25) is 6.04 Å². The summed E-state index contributed by atoms with van der Waals surface area (Å²) in [6, 6.07) is 0.691. The molecule has 13 heavy (non-hydrogen) atoms. The number of amidine groups is 1. The van der Waals surface area contributed by atoms with Crippen molar-refractivity contribution in [3.63, 3.8) is 0 Å². The molecule has 5 nitrogen and oxygen atoms in total. The van der Waals surface area contributed by atoms with Gasteiger partial charge in [0.1, 0.15) is 0 Å². The Labute approximate surface area is 80.0 Å². The lowest BCUT2D eigenvalue weighted by Crippen LogP contribution is -2.42. The van der Waals surface area contributed by atoms with Crippen molar-refractivity contribution in [1.29, 1.82) is 5.41 Å². The zero-order chi connectivity index (χ0) is 10.3. The predicted molar refractivity (Wildman–Crippen MR) is 52.7 cm³/mol. The average molecular weight is 206 g/mol. The highest BCUT2D eigenvalue weighted by Gasteiger charge is 2.36. The van der Waals surface area contributed by atoms with Gasteiger partial charge in [0.2, 0.25) is 0 Å². The molecule has 78 valence electrons. The normalized spacial score (nSPS) is 11.6. The van der Waals surface area contributed by atoms with Gasteiger partial charge in [-0.1, -0.05) is 0 Å². The maximum Gasteiger partial charge on any atom is 0.500 e. The molecule has 0 bridgehead atoms. The van der Waals surface area contributed by atoms with Gasteiger partial charge in [0.15, 0.2) is 0 Å². The largest absolute Gasteiger partial charge is 0.500 e. The first-order chi connectivity index (χ1) is 6.10. The van der Waals surface area contributed by atoms with Crippen molar-refractivity contribution in [2.24, 2.45) is 5.73 Å². The van der Waals surface area contributed by atoms with E-state index in [0.29, 0.717) is 12.5 Å². The zero-order valence-electron chi connectivity index (χ0n) is 8.42. The number of nitrogens with two attached hydrogens (primary N) is 1. The minimum atomic E-state index is -2.44. The second-order valence-corrected chi connectivity index (χ2v) is 5.76. The van der Waals surface area contributed by atoms with Gasteiger partial charge in [0.05, 0.1) is 5.84 Å². The van der Waals surface area contributed by atoms with Crippen LogP contribution in [-0.4, -0.2) is 36.0 Å². The molecule has 0 aromatic carbocycles. The summed E-state index contributed by atoms with van der Waals surface area (Å²) in [6.07, 6.45) is 1.32. The number of rotatable bonds is 7. The first-order valence-corrected chi connectivity index (χ1v) is 6.01. The Balaban J connectivity index is 3.88. The van der Waals surface area contributed by atoms with Gasteiger partial charge in [-0.05, 0) is 6.42 Å². The molecule has 0 amide bonds. The third-order valence-electron chi connectivity index (χ3n) is 1.86. The summed E-state index contributed by atoms with van der Waals surface area (Å²) in [7, 11) is 2.29. The van der Waals surface area contributed by atoms with Crippen LogP contribution in [-0.2, 0) is 13.3 Å². The molecule has 0 saturated heterocycles. The lowest BCUT2D eigenvalue weighted by atomic mass is 10.3. The summed E-state index contributed by atoms with van der Waals surface area (Å²) in [5.74, 6) is 0.186. The van der Waals surface area contributed by atoms with Crippen LogP contribution in [0, 0.1) is 5.41 Å². The zero-order valence-corrected chi connectivity index (χ0v) is 9.42. The molecule has 3 N–H and O–H groups in total. The third kappa shape index (κ3) is 4.37. The van der Waals surface area contributed by atoms with E-state index in [1.165, 1.54) is 0 Å². The fourth-order valence-electron chi connectivity index (χ4n) is 1.05. The van der Waals surface area contributed by atoms with Gasteiger partial charge in [-0.25, -0.2) is 0 Å². The summed E-state index contributed by atoms with van der Waals surface area (Å²) in [4.78, 5) is 0. The number of hydrogen-bond donors (Lipinski definition) is 2.